The second kappa shape index (κ2) is 6.60. The van der Waals surface area contributed by atoms with Crippen LogP contribution < -0.4 is 19.7 Å². The van der Waals surface area contributed by atoms with Gasteiger partial charge in [0.25, 0.3) is 0 Å². The monoisotopic (exact) mass is 316 g/mol. The summed E-state index contributed by atoms with van der Waals surface area (Å²) >= 11 is 0. The summed E-state index contributed by atoms with van der Waals surface area (Å²) < 4.78 is 10.9. The van der Waals surface area contributed by atoms with Crippen LogP contribution in [-0.2, 0) is 6.54 Å². The van der Waals surface area contributed by atoms with Crippen LogP contribution in [0.5, 0.6) is 11.5 Å². The van der Waals surface area contributed by atoms with E-state index in [0.717, 1.165) is 47.9 Å². The van der Waals surface area contributed by atoms with Gasteiger partial charge in [0, 0.05) is 50.7 Å². The van der Waals surface area contributed by atoms with E-state index in [-0.39, 0.29) is 6.79 Å². The lowest BCUT2D eigenvalue weighted by molar-refractivity contribution is 0.174. The predicted octanol–water partition coefficient (Wildman–Crippen LogP) is 1.68. The molecule has 0 aliphatic carbocycles. The van der Waals surface area contributed by atoms with Crippen LogP contribution in [0, 0.1) is 0 Å². The number of hydrogen-bond acceptors (Lipinski definition) is 6. The summed E-state index contributed by atoms with van der Waals surface area (Å²) in [5, 5.41) is 4.55. The van der Waals surface area contributed by atoms with E-state index in [9.17, 15) is 0 Å². The molecule has 1 aliphatic rings. The van der Waals surface area contributed by atoms with Gasteiger partial charge in [-0.15, -0.1) is 0 Å². The first kappa shape index (κ1) is 15.8. The van der Waals surface area contributed by atoms with Crippen molar-refractivity contribution in [2.75, 3.05) is 53.0 Å². The Morgan fingerprint density at radius 3 is 2.52 bits per heavy atom. The van der Waals surface area contributed by atoms with Crippen LogP contribution in [-0.4, -0.2) is 58.0 Å². The molecule has 0 saturated heterocycles. The van der Waals surface area contributed by atoms with Crippen molar-refractivity contribution in [1.29, 1.82) is 0 Å². The highest BCUT2D eigenvalue weighted by atomic mass is 16.7. The highest BCUT2D eigenvalue weighted by Crippen LogP contribution is 2.36. The Bertz CT molecular complexity index is 701. The number of ether oxygens (including phenoxy) is 2. The van der Waals surface area contributed by atoms with Crippen molar-refractivity contribution < 1.29 is 9.47 Å². The predicted molar refractivity (Wildman–Crippen MR) is 92.5 cm³/mol. The highest BCUT2D eigenvalue weighted by molar-refractivity contribution is 5.85. The summed E-state index contributed by atoms with van der Waals surface area (Å²) in [6.07, 6.45) is 0. The molecule has 0 radical (unpaired) electrons. The minimum atomic E-state index is 0.283. The lowest BCUT2D eigenvalue weighted by Crippen LogP contribution is -2.27. The SMILES string of the molecule is CN(C)CCNCc1cc2cc3c(cc2nc1N(C)C)OCO3. The van der Waals surface area contributed by atoms with E-state index in [1.54, 1.807) is 0 Å². The zero-order chi connectivity index (χ0) is 16.4. The molecule has 3 rings (SSSR count). The quantitative estimate of drug-likeness (QED) is 0.818. The summed E-state index contributed by atoms with van der Waals surface area (Å²) in [5.74, 6) is 2.55. The first-order valence-electron chi connectivity index (χ1n) is 7.80. The van der Waals surface area contributed by atoms with E-state index in [1.807, 2.05) is 31.1 Å². The van der Waals surface area contributed by atoms with Crippen molar-refractivity contribution in [3.05, 3.63) is 23.8 Å². The van der Waals surface area contributed by atoms with Gasteiger partial charge in [-0.05, 0) is 26.2 Å². The molecule has 0 saturated carbocycles. The first-order valence-corrected chi connectivity index (χ1v) is 7.80. The second-order valence-corrected chi connectivity index (χ2v) is 6.24. The van der Waals surface area contributed by atoms with Crippen molar-refractivity contribution in [1.82, 2.24) is 15.2 Å². The fourth-order valence-corrected chi connectivity index (χ4v) is 2.64. The van der Waals surface area contributed by atoms with Crippen LogP contribution in [0.25, 0.3) is 10.9 Å². The largest absolute Gasteiger partial charge is 0.454 e. The number of benzene rings is 1. The van der Waals surface area contributed by atoms with Gasteiger partial charge in [0.1, 0.15) is 5.82 Å². The molecule has 1 aliphatic heterocycles. The lowest BCUT2D eigenvalue weighted by atomic mass is 10.1. The molecule has 2 aromatic rings. The third-order valence-electron chi connectivity index (χ3n) is 3.84. The van der Waals surface area contributed by atoms with Crippen LogP contribution >= 0.6 is 0 Å². The Kier molecular flexibility index (Phi) is 4.54. The summed E-state index contributed by atoms with van der Waals surface area (Å²) in [6.45, 7) is 3.03. The number of nitrogens with one attached hydrogen (secondary N) is 1. The minimum Gasteiger partial charge on any atom is -0.454 e. The van der Waals surface area contributed by atoms with Crippen molar-refractivity contribution in [2.24, 2.45) is 0 Å². The molecule has 1 aromatic heterocycles. The molecule has 0 unspecified atom stereocenters. The second-order valence-electron chi connectivity index (χ2n) is 6.24. The molecule has 124 valence electrons. The number of aromatic nitrogens is 1. The van der Waals surface area contributed by atoms with E-state index >= 15 is 0 Å². The van der Waals surface area contributed by atoms with Gasteiger partial charge in [-0.3, -0.25) is 0 Å². The summed E-state index contributed by atoms with van der Waals surface area (Å²) in [6, 6.07) is 6.14. The molecule has 6 heteroatoms. The molecule has 0 fully saturated rings. The Morgan fingerprint density at radius 2 is 1.83 bits per heavy atom. The van der Waals surface area contributed by atoms with E-state index in [4.69, 9.17) is 14.5 Å². The third-order valence-corrected chi connectivity index (χ3v) is 3.84. The minimum absolute atomic E-state index is 0.283. The number of nitrogens with zero attached hydrogens (tertiary/aromatic N) is 3. The highest BCUT2D eigenvalue weighted by Gasteiger charge is 2.17. The van der Waals surface area contributed by atoms with E-state index < -0.39 is 0 Å². The number of fused-ring (bicyclic) bond motifs is 2. The number of anilines is 1. The fourth-order valence-electron chi connectivity index (χ4n) is 2.64. The fraction of sp³-hybridized carbons (Fsp3) is 0.471. The van der Waals surface area contributed by atoms with Gasteiger partial charge in [0.15, 0.2) is 11.5 Å². The molecule has 0 bridgehead atoms. The van der Waals surface area contributed by atoms with E-state index in [0.29, 0.717) is 0 Å². The topological polar surface area (TPSA) is 49.9 Å². The molecular formula is C17H24N4O2. The molecule has 0 spiro atoms. The molecule has 1 N–H and O–H groups in total. The van der Waals surface area contributed by atoms with Crippen molar-refractivity contribution in [2.45, 2.75) is 6.54 Å². The van der Waals surface area contributed by atoms with Crippen LogP contribution in [0.4, 0.5) is 5.82 Å². The van der Waals surface area contributed by atoms with Gasteiger partial charge in [-0.1, -0.05) is 0 Å². The molecule has 2 heterocycles. The zero-order valence-corrected chi connectivity index (χ0v) is 14.2. The summed E-state index contributed by atoms with van der Waals surface area (Å²) in [5.41, 5.74) is 2.11. The summed E-state index contributed by atoms with van der Waals surface area (Å²) in [7, 11) is 8.19. The molecular weight excluding hydrogens is 292 g/mol. The van der Waals surface area contributed by atoms with Gasteiger partial charge in [-0.2, -0.15) is 0 Å². The van der Waals surface area contributed by atoms with Crippen LogP contribution in [0.2, 0.25) is 0 Å². The number of pyridine rings is 1. The Hall–Kier alpha value is -2.05. The van der Waals surface area contributed by atoms with Gasteiger partial charge in [-0.25, -0.2) is 4.98 Å². The Morgan fingerprint density at radius 1 is 1.09 bits per heavy atom. The molecule has 23 heavy (non-hydrogen) atoms. The van der Waals surface area contributed by atoms with Crippen LogP contribution in [0.15, 0.2) is 18.2 Å². The average Bonchev–Trinajstić information content (AvgIpc) is 2.95. The number of hydrogen-bond donors (Lipinski definition) is 1. The van der Waals surface area contributed by atoms with Gasteiger partial charge < -0.3 is 24.6 Å². The Balaban J connectivity index is 1.88. The Labute approximate surface area is 137 Å². The zero-order valence-electron chi connectivity index (χ0n) is 14.2. The molecule has 6 nitrogen and oxygen atoms in total. The number of likely N-dealkylation sites (N-methyl/N-ethyl adjacent to an activating group) is 1. The van der Waals surface area contributed by atoms with Crippen LogP contribution in [0.1, 0.15) is 5.56 Å². The van der Waals surface area contributed by atoms with Gasteiger partial charge >= 0.3 is 0 Å². The lowest BCUT2D eigenvalue weighted by Gasteiger charge is -2.18. The number of rotatable bonds is 6. The normalized spacial score (nSPS) is 13.1. The molecule has 1 aromatic carbocycles. The molecule has 0 atom stereocenters. The van der Waals surface area contributed by atoms with Crippen molar-refractivity contribution in [3.8, 4) is 11.5 Å². The first-order chi connectivity index (χ1) is 11.0. The third kappa shape index (κ3) is 3.48. The summed E-state index contributed by atoms with van der Waals surface area (Å²) in [4.78, 5) is 9.02. The van der Waals surface area contributed by atoms with Gasteiger partial charge in [0.05, 0.1) is 5.52 Å². The van der Waals surface area contributed by atoms with Crippen molar-refractivity contribution >= 4 is 16.7 Å². The van der Waals surface area contributed by atoms with E-state index in [2.05, 4.69) is 30.4 Å². The smallest absolute Gasteiger partial charge is 0.231 e. The van der Waals surface area contributed by atoms with Crippen molar-refractivity contribution in [3.63, 3.8) is 0 Å². The van der Waals surface area contributed by atoms with Gasteiger partial charge in [0.2, 0.25) is 6.79 Å². The maximum atomic E-state index is 5.47. The van der Waals surface area contributed by atoms with Crippen LogP contribution in [0.3, 0.4) is 0 Å². The molecule has 0 amide bonds. The average molecular weight is 316 g/mol. The maximum absolute atomic E-state index is 5.47. The maximum Gasteiger partial charge on any atom is 0.231 e. The van der Waals surface area contributed by atoms with E-state index in [1.165, 1.54) is 5.56 Å². The standard InChI is InChI=1S/C17H24N4O2/c1-20(2)6-5-18-10-13-7-12-8-15-16(23-11-22-15)9-14(12)19-17(13)21(3)4/h7-9,18H,5-6,10-11H2,1-4H3.